The van der Waals surface area contributed by atoms with Gasteiger partial charge in [0.25, 0.3) is 0 Å². The van der Waals surface area contributed by atoms with Gasteiger partial charge in [-0.1, -0.05) is 18.2 Å². The lowest BCUT2D eigenvalue weighted by Gasteiger charge is -2.37. The lowest BCUT2D eigenvalue weighted by Crippen LogP contribution is -2.53. The average molecular weight is 305 g/mol. The van der Waals surface area contributed by atoms with Crippen LogP contribution in [-0.4, -0.2) is 73.2 Å². The van der Waals surface area contributed by atoms with Crippen molar-refractivity contribution in [2.24, 2.45) is 0 Å². The highest BCUT2D eigenvalue weighted by atomic mass is 16.5. The second kappa shape index (κ2) is 8.63. The molecular formula is C17H27N3O2. The van der Waals surface area contributed by atoms with E-state index >= 15 is 0 Å². The van der Waals surface area contributed by atoms with Crippen molar-refractivity contribution < 1.29 is 9.53 Å². The second-order valence-electron chi connectivity index (χ2n) is 5.45. The van der Waals surface area contributed by atoms with Gasteiger partial charge in [-0.3, -0.25) is 4.90 Å². The SMILES string of the molecule is CCN(CC)C(=O)N1CCN(CCOc2ccccc2)CC1. The van der Waals surface area contributed by atoms with Crippen LogP contribution in [-0.2, 0) is 0 Å². The molecule has 2 amide bonds. The monoisotopic (exact) mass is 305 g/mol. The molecule has 0 aromatic heterocycles. The number of rotatable bonds is 6. The number of para-hydroxylation sites is 1. The smallest absolute Gasteiger partial charge is 0.320 e. The van der Waals surface area contributed by atoms with Crippen LogP contribution < -0.4 is 4.74 Å². The van der Waals surface area contributed by atoms with Crippen LogP contribution >= 0.6 is 0 Å². The summed E-state index contributed by atoms with van der Waals surface area (Å²) in [6.07, 6.45) is 0. The van der Waals surface area contributed by atoms with E-state index in [4.69, 9.17) is 4.74 Å². The van der Waals surface area contributed by atoms with E-state index in [0.29, 0.717) is 6.61 Å². The quantitative estimate of drug-likeness (QED) is 0.808. The molecule has 1 saturated heterocycles. The number of benzene rings is 1. The highest BCUT2D eigenvalue weighted by molar-refractivity contribution is 5.74. The zero-order chi connectivity index (χ0) is 15.8. The summed E-state index contributed by atoms with van der Waals surface area (Å²) in [5.41, 5.74) is 0. The van der Waals surface area contributed by atoms with Crippen LogP contribution in [0.25, 0.3) is 0 Å². The molecule has 22 heavy (non-hydrogen) atoms. The topological polar surface area (TPSA) is 36.0 Å². The number of piperazine rings is 1. The summed E-state index contributed by atoms with van der Waals surface area (Å²) in [4.78, 5) is 18.5. The molecule has 1 heterocycles. The van der Waals surface area contributed by atoms with E-state index in [1.54, 1.807) is 0 Å². The number of hydrogen-bond acceptors (Lipinski definition) is 3. The number of nitrogens with zero attached hydrogens (tertiary/aromatic N) is 3. The van der Waals surface area contributed by atoms with E-state index in [-0.39, 0.29) is 6.03 Å². The van der Waals surface area contributed by atoms with Gasteiger partial charge in [-0.25, -0.2) is 4.79 Å². The molecule has 0 N–H and O–H groups in total. The fourth-order valence-electron chi connectivity index (χ4n) is 2.67. The molecule has 5 nitrogen and oxygen atoms in total. The van der Waals surface area contributed by atoms with E-state index in [1.807, 2.05) is 54.0 Å². The third-order valence-electron chi connectivity index (χ3n) is 4.10. The van der Waals surface area contributed by atoms with E-state index in [2.05, 4.69) is 4.90 Å². The molecule has 1 aromatic rings. The third-order valence-corrected chi connectivity index (χ3v) is 4.10. The zero-order valence-electron chi connectivity index (χ0n) is 13.7. The Balaban J connectivity index is 1.68. The second-order valence-corrected chi connectivity index (χ2v) is 5.45. The molecule has 1 fully saturated rings. The Labute approximate surface area is 133 Å². The van der Waals surface area contributed by atoms with Gasteiger partial charge in [-0.05, 0) is 26.0 Å². The Hall–Kier alpha value is -1.75. The first-order valence-electron chi connectivity index (χ1n) is 8.18. The Morgan fingerprint density at radius 3 is 2.32 bits per heavy atom. The van der Waals surface area contributed by atoms with Crippen molar-refractivity contribution in [3.63, 3.8) is 0 Å². The van der Waals surface area contributed by atoms with Crippen molar-refractivity contribution in [2.75, 3.05) is 52.4 Å². The summed E-state index contributed by atoms with van der Waals surface area (Å²) in [6.45, 7) is 10.7. The van der Waals surface area contributed by atoms with Crippen molar-refractivity contribution in [2.45, 2.75) is 13.8 Å². The predicted molar refractivity (Wildman–Crippen MR) is 88.3 cm³/mol. The number of carbonyl (C=O) groups is 1. The van der Waals surface area contributed by atoms with Crippen molar-refractivity contribution in [1.29, 1.82) is 0 Å². The van der Waals surface area contributed by atoms with Gasteiger partial charge in [0, 0.05) is 45.8 Å². The van der Waals surface area contributed by atoms with Crippen molar-refractivity contribution >= 4 is 6.03 Å². The molecule has 0 unspecified atom stereocenters. The highest BCUT2D eigenvalue weighted by Crippen LogP contribution is 2.09. The Morgan fingerprint density at radius 2 is 1.73 bits per heavy atom. The first-order chi connectivity index (χ1) is 10.7. The molecule has 0 radical (unpaired) electrons. The molecular weight excluding hydrogens is 278 g/mol. The molecule has 1 aliphatic rings. The van der Waals surface area contributed by atoms with Gasteiger partial charge in [-0.15, -0.1) is 0 Å². The molecule has 122 valence electrons. The third kappa shape index (κ3) is 4.63. The number of ether oxygens (including phenoxy) is 1. The average Bonchev–Trinajstić information content (AvgIpc) is 2.57. The van der Waals surface area contributed by atoms with Crippen LogP contribution in [0.4, 0.5) is 4.79 Å². The van der Waals surface area contributed by atoms with Crippen LogP contribution in [0.3, 0.4) is 0 Å². The molecule has 0 aliphatic carbocycles. The molecule has 2 rings (SSSR count). The van der Waals surface area contributed by atoms with Gasteiger partial charge < -0.3 is 14.5 Å². The van der Waals surface area contributed by atoms with E-state index < -0.39 is 0 Å². The molecule has 1 aliphatic heterocycles. The fraction of sp³-hybridized carbons (Fsp3) is 0.588. The standard InChI is InChI=1S/C17H27N3O2/c1-3-19(4-2)17(21)20-12-10-18(11-13-20)14-15-22-16-8-6-5-7-9-16/h5-9H,3-4,10-15H2,1-2H3. The largest absolute Gasteiger partial charge is 0.492 e. The minimum Gasteiger partial charge on any atom is -0.492 e. The maximum atomic E-state index is 12.3. The van der Waals surface area contributed by atoms with E-state index in [0.717, 1.165) is 51.6 Å². The lowest BCUT2D eigenvalue weighted by atomic mass is 10.3. The Bertz CT molecular complexity index is 440. The molecule has 0 saturated carbocycles. The Kier molecular flexibility index (Phi) is 6.52. The first-order valence-corrected chi connectivity index (χ1v) is 8.18. The minimum atomic E-state index is 0.171. The fourth-order valence-corrected chi connectivity index (χ4v) is 2.67. The van der Waals surface area contributed by atoms with Crippen molar-refractivity contribution in [3.05, 3.63) is 30.3 Å². The van der Waals surface area contributed by atoms with Crippen LogP contribution in [0.1, 0.15) is 13.8 Å². The van der Waals surface area contributed by atoms with Gasteiger partial charge >= 0.3 is 6.03 Å². The predicted octanol–water partition coefficient (Wildman–Crippen LogP) is 2.14. The molecule has 1 aromatic carbocycles. The van der Waals surface area contributed by atoms with Crippen LogP contribution in [0, 0.1) is 0 Å². The summed E-state index contributed by atoms with van der Waals surface area (Å²) >= 11 is 0. The van der Waals surface area contributed by atoms with Crippen molar-refractivity contribution in [3.8, 4) is 5.75 Å². The lowest BCUT2D eigenvalue weighted by molar-refractivity contribution is 0.107. The van der Waals surface area contributed by atoms with Crippen molar-refractivity contribution in [1.82, 2.24) is 14.7 Å². The maximum absolute atomic E-state index is 12.3. The minimum absolute atomic E-state index is 0.171. The van der Waals surface area contributed by atoms with Gasteiger partial charge in [0.15, 0.2) is 0 Å². The van der Waals surface area contributed by atoms with Crippen LogP contribution in [0.15, 0.2) is 30.3 Å². The number of urea groups is 1. The number of hydrogen-bond donors (Lipinski definition) is 0. The maximum Gasteiger partial charge on any atom is 0.320 e. The molecule has 5 heteroatoms. The first kappa shape index (κ1) is 16.6. The molecule has 0 atom stereocenters. The molecule has 0 spiro atoms. The summed E-state index contributed by atoms with van der Waals surface area (Å²) in [7, 11) is 0. The molecule has 0 bridgehead atoms. The summed E-state index contributed by atoms with van der Waals surface area (Å²) < 4.78 is 5.73. The summed E-state index contributed by atoms with van der Waals surface area (Å²) in [6, 6.07) is 10.1. The highest BCUT2D eigenvalue weighted by Gasteiger charge is 2.23. The summed E-state index contributed by atoms with van der Waals surface area (Å²) in [5, 5.41) is 0. The normalized spacial score (nSPS) is 15.6. The summed E-state index contributed by atoms with van der Waals surface area (Å²) in [5.74, 6) is 0.915. The van der Waals surface area contributed by atoms with Crippen LogP contribution in [0.5, 0.6) is 5.75 Å². The number of carbonyl (C=O) groups excluding carboxylic acids is 1. The Morgan fingerprint density at radius 1 is 1.09 bits per heavy atom. The van der Waals surface area contributed by atoms with Gasteiger partial charge in [0.2, 0.25) is 0 Å². The van der Waals surface area contributed by atoms with E-state index in [1.165, 1.54) is 0 Å². The zero-order valence-corrected chi connectivity index (χ0v) is 13.7. The van der Waals surface area contributed by atoms with Gasteiger partial charge in [-0.2, -0.15) is 0 Å². The van der Waals surface area contributed by atoms with Gasteiger partial charge in [0.05, 0.1) is 0 Å². The van der Waals surface area contributed by atoms with Crippen LogP contribution in [0.2, 0.25) is 0 Å². The number of amides is 2. The van der Waals surface area contributed by atoms with E-state index in [9.17, 15) is 4.79 Å². The van der Waals surface area contributed by atoms with Gasteiger partial charge in [0.1, 0.15) is 12.4 Å².